The van der Waals surface area contributed by atoms with Crippen molar-refractivity contribution in [2.45, 2.75) is 116 Å². The fourth-order valence-electron chi connectivity index (χ4n) is 5.62. The Hall–Kier alpha value is -4.49. The largest absolute Gasteiger partial charge is 0.493 e. The van der Waals surface area contributed by atoms with Crippen LogP contribution in [0.4, 0.5) is 4.79 Å². The third kappa shape index (κ3) is 10.0. The van der Waals surface area contributed by atoms with E-state index in [1.807, 2.05) is 19.1 Å². The van der Waals surface area contributed by atoms with Gasteiger partial charge in [0.1, 0.15) is 11.1 Å². The van der Waals surface area contributed by atoms with Gasteiger partial charge in [-0.05, 0) is 66.2 Å². The normalized spacial score (nSPS) is 19.3. The van der Waals surface area contributed by atoms with Crippen LogP contribution in [-0.4, -0.2) is 72.5 Å². The van der Waals surface area contributed by atoms with Gasteiger partial charge in [-0.1, -0.05) is 38.8 Å². The molecule has 14 nitrogen and oxygen atoms in total. The lowest BCUT2D eigenvalue weighted by Gasteiger charge is -2.23. The molecule has 5 atom stereocenters. The number of carboxylic acids is 1. The highest BCUT2D eigenvalue weighted by Gasteiger charge is 2.60. The molecule has 14 heteroatoms. The van der Waals surface area contributed by atoms with Crippen molar-refractivity contribution in [1.82, 2.24) is 30.0 Å². The topological polar surface area (TPSA) is 184 Å². The Kier molecular flexibility index (Phi) is 13.1. The summed E-state index contributed by atoms with van der Waals surface area (Å²) in [7, 11) is 1.45. The molecule has 264 valence electrons. The summed E-state index contributed by atoms with van der Waals surface area (Å²) in [6, 6.07) is -1.02. The van der Waals surface area contributed by atoms with Crippen molar-refractivity contribution in [1.29, 1.82) is 0 Å². The second kappa shape index (κ2) is 16.6. The van der Waals surface area contributed by atoms with Crippen LogP contribution in [0.3, 0.4) is 0 Å². The van der Waals surface area contributed by atoms with Crippen LogP contribution in [-0.2, 0) is 19.1 Å². The molecule has 0 spiro atoms. The van der Waals surface area contributed by atoms with Crippen molar-refractivity contribution in [3.63, 3.8) is 0 Å². The number of ketones is 1. The lowest BCUT2D eigenvalue weighted by Crippen LogP contribution is -2.47. The minimum Gasteiger partial charge on any atom is -0.493 e. The number of Topliss-reactive ketones (excluding diaryl/α,β-unsaturated/α-hetero) is 1. The number of carboxylic acid groups (broad SMARTS) is 1. The van der Waals surface area contributed by atoms with Gasteiger partial charge >= 0.3 is 12.1 Å². The Morgan fingerprint density at radius 3 is 2.52 bits per heavy atom. The fraction of sp³-hybridized carbons (Fsp3) is 0.618. The van der Waals surface area contributed by atoms with Gasteiger partial charge in [0.25, 0.3) is 5.56 Å². The van der Waals surface area contributed by atoms with Gasteiger partial charge in [0.05, 0.1) is 31.7 Å². The van der Waals surface area contributed by atoms with Crippen molar-refractivity contribution in [2.75, 3.05) is 7.11 Å². The first kappa shape index (κ1) is 38.0. The molecule has 2 heterocycles. The minimum atomic E-state index is -1.37. The first-order chi connectivity index (χ1) is 22.6. The second-order valence-electron chi connectivity index (χ2n) is 13.4. The van der Waals surface area contributed by atoms with Crippen LogP contribution in [0.25, 0.3) is 5.69 Å². The van der Waals surface area contributed by atoms with Crippen molar-refractivity contribution < 1.29 is 33.8 Å². The average Bonchev–Trinajstić information content (AvgIpc) is 3.43. The summed E-state index contributed by atoms with van der Waals surface area (Å²) < 4.78 is 13.5. The maximum absolute atomic E-state index is 13.4. The van der Waals surface area contributed by atoms with Crippen LogP contribution in [0, 0.1) is 11.8 Å². The summed E-state index contributed by atoms with van der Waals surface area (Å²) in [4.78, 5) is 67.0. The molecule has 2 aromatic heterocycles. The van der Waals surface area contributed by atoms with Crippen molar-refractivity contribution in [3.05, 3.63) is 47.4 Å². The number of imidazole rings is 1. The highest BCUT2D eigenvalue weighted by atomic mass is 16.6. The summed E-state index contributed by atoms with van der Waals surface area (Å²) in [6.07, 6.45) is 14.0. The van der Waals surface area contributed by atoms with E-state index in [2.05, 4.69) is 20.7 Å². The first-order valence-electron chi connectivity index (χ1n) is 16.5. The number of aliphatic carboxylic acids is 1. The van der Waals surface area contributed by atoms with Crippen LogP contribution >= 0.6 is 0 Å². The van der Waals surface area contributed by atoms with Gasteiger partial charge < -0.3 is 25.2 Å². The molecule has 2 aromatic rings. The van der Waals surface area contributed by atoms with Crippen LogP contribution < -0.4 is 20.9 Å². The Labute approximate surface area is 281 Å². The predicted octanol–water partition coefficient (Wildman–Crippen LogP) is 4.36. The molecular formula is C34H50N6O8. The SMILES string of the molecule is CC[C@@H](C[C@H](C)C(=O)N[C@]1(C(=O)O)C[C@H]1/C=C\CCCCC[C@H](NC(=O)OC(C)(C)C)C(C)=O)n1ncc(OC)c(-n2ccnc2)c1=O. The van der Waals surface area contributed by atoms with Crippen molar-refractivity contribution in [2.24, 2.45) is 11.8 Å². The van der Waals surface area contributed by atoms with Gasteiger partial charge in [-0.2, -0.15) is 5.10 Å². The number of allylic oxidation sites excluding steroid dienone is 1. The molecule has 0 aromatic carbocycles. The summed E-state index contributed by atoms with van der Waals surface area (Å²) in [5.41, 5.74) is -2.15. The number of alkyl carbamates (subject to hydrolysis) is 1. The number of hydrogen-bond acceptors (Lipinski definition) is 9. The highest BCUT2D eigenvalue weighted by Crippen LogP contribution is 2.45. The lowest BCUT2D eigenvalue weighted by atomic mass is 9.98. The van der Waals surface area contributed by atoms with Gasteiger partial charge in [0.2, 0.25) is 5.91 Å². The van der Waals surface area contributed by atoms with E-state index in [1.165, 1.54) is 31.2 Å². The molecule has 0 unspecified atom stereocenters. The quantitative estimate of drug-likeness (QED) is 0.152. The molecule has 0 saturated heterocycles. The van der Waals surface area contributed by atoms with Crippen molar-refractivity contribution >= 4 is 23.8 Å². The third-order valence-electron chi connectivity index (χ3n) is 8.47. The van der Waals surface area contributed by atoms with E-state index in [9.17, 15) is 29.1 Å². The molecule has 1 fully saturated rings. The molecule has 1 aliphatic carbocycles. The molecule has 48 heavy (non-hydrogen) atoms. The average molecular weight is 671 g/mol. The molecule has 1 aliphatic rings. The van der Waals surface area contributed by atoms with E-state index < -0.39 is 52.7 Å². The van der Waals surface area contributed by atoms with Gasteiger partial charge in [0.15, 0.2) is 17.2 Å². The second-order valence-corrected chi connectivity index (χ2v) is 13.4. The summed E-state index contributed by atoms with van der Waals surface area (Å²) in [6.45, 7) is 10.3. The predicted molar refractivity (Wildman–Crippen MR) is 178 cm³/mol. The Morgan fingerprint density at radius 1 is 1.21 bits per heavy atom. The summed E-state index contributed by atoms with van der Waals surface area (Å²) >= 11 is 0. The monoisotopic (exact) mass is 670 g/mol. The van der Waals surface area contributed by atoms with E-state index in [1.54, 1.807) is 44.7 Å². The number of nitrogens with one attached hydrogen (secondary N) is 2. The van der Waals surface area contributed by atoms with E-state index in [4.69, 9.17) is 9.47 Å². The molecule has 2 amide bonds. The lowest BCUT2D eigenvalue weighted by molar-refractivity contribution is -0.144. The third-order valence-corrected chi connectivity index (χ3v) is 8.47. The van der Waals surface area contributed by atoms with Crippen molar-refractivity contribution in [3.8, 4) is 11.4 Å². The first-order valence-corrected chi connectivity index (χ1v) is 16.5. The standard InChI is InChI=1S/C34H50N6O8/c1-8-25(40-30(43)28(27(47-7)20-36-40)39-17-16-35-21-39)18-22(2)29(42)38-34(31(44)45)19-24(34)14-12-10-9-11-13-15-26(23(3)41)37-32(46)48-33(4,5)6/h12,14,16-17,20-22,24-26H,8-11,13,15,18-19H2,1-7H3,(H,37,46)(H,38,42)(H,44,45)/b14-12-/t22-,24+,25-,26-,34+/m0/s1. The zero-order valence-electron chi connectivity index (χ0n) is 29.0. The number of unbranched alkanes of at least 4 members (excludes halogenated alkanes) is 3. The smallest absolute Gasteiger partial charge is 0.408 e. The van der Waals surface area contributed by atoms with Crippen LogP contribution in [0.2, 0.25) is 0 Å². The zero-order valence-corrected chi connectivity index (χ0v) is 29.0. The number of hydrogen-bond donors (Lipinski definition) is 3. The van der Waals surface area contributed by atoms with Gasteiger partial charge in [-0.15, -0.1) is 0 Å². The molecular weight excluding hydrogens is 620 g/mol. The van der Waals surface area contributed by atoms with E-state index in [0.29, 0.717) is 31.4 Å². The Balaban J connectivity index is 1.51. The number of aromatic nitrogens is 4. The van der Waals surface area contributed by atoms with Crippen LogP contribution in [0.1, 0.15) is 99.0 Å². The number of amides is 2. The number of ether oxygens (including phenoxy) is 2. The summed E-state index contributed by atoms with van der Waals surface area (Å²) in [5, 5.41) is 19.7. The molecule has 3 N–H and O–H groups in total. The van der Waals surface area contributed by atoms with E-state index in [-0.39, 0.29) is 23.8 Å². The molecule has 0 aliphatic heterocycles. The molecule has 1 saturated carbocycles. The molecule has 3 rings (SSSR count). The summed E-state index contributed by atoms with van der Waals surface area (Å²) in [5.74, 6) is -2.25. The van der Waals surface area contributed by atoms with E-state index in [0.717, 1.165) is 19.3 Å². The van der Waals surface area contributed by atoms with E-state index >= 15 is 0 Å². The van der Waals surface area contributed by atoms with Gasteiger partial charge in [-0.25, -0.2) is 19.3 Å². The van der Waals surface area contributed by atoms with Crippen LogP contribution in [0.5, 0.6) is 5.75 Å². The number of carbonyl (C=O) groups excluding carboxylic acids is 3. The number of rotatable bonds is 18. The zero-order chi connectivity index (χ0) is 35.6. The van der Waals surface area contributed by atoms with Gasteiger partial charge in [0, 0.05) is 24.2 Å². The Bertz CT molecular complexity index is 1510. The molecule has 0 bridgehead atoms. The highest BCUT2D eigenvalue weighted by molar-refractivity contribution is 5.91. The Morgan fingerprint density at radius 2 is 1.94 bits per heavy atom. The number of nitrogens with zero attached hydrogens (tertiary/aromatic N) is 4. The van der Waals surface area contributed by atoms with Gasteiger partial charge in [-0.3, -0.25) is 19.0 Å². The minimum absolute atomic E-state index is 0.132. The number of carbonyl (C=O) groups is 4. The fourth-order valence-corrected chi connectivity index (χ4v) is 5.62. The molecule has 0 radical (unpaired) electrons. The number of methoxy groups -OCH3 is 1. The maximum Gasteiger partial charge on any atom is 0.408 e. The maximum atomic E-state index is 13.4. The van der Waals surface area contributed by atoms with Crippen LogP contribution in [0.15, 0.2) is 41.9 Å².